The number of anilines is 1. The number of fused-ring (bicyclic) bond motifs is 3. The average Bonchev–Trinajstić information content (AvgIpc) is 3.20. The lowest BCUT2D eigenvalue weighted by atomic mass is 9.74. The predicted molar refractivity (Wildman–Crippen MR) is 121 cm³/mol. The molecule has 3 fully saturated rings. The van der Waals surface area contributed by atoms with Crippen molar-refractivity contribution >= 4 is 11.8 Å². The normalized spacial score (nSPS) is 24.3. The number of carbonyl (C=O) groups excluding carboxylic acids is 1. The van der Waals surface area contributed by atoms with Crippen LogP contribution in [0.3, 0.4) is 0 Å². The Hall–Kier alpha value is -3.19. The van der Waals surface area contributed by atoms with Crippen molar-refractivity contribution in [1.29, 1.82) is 0 Å². The summed E-state index contributed by atoms with van der Waals surface area (Å²) in [5.74, 6) is 0.681. The zero-order valence-electron chi connectivity index (χ0n) is 18.1. The smallest absolute Gasteiger partial charge is 0.411 e. The molecule has 166 valence electrons. The Balaban J connectivity index is 1.22. The molecule has 4 heterocycles. The van der Waals surface area contributed by atoms with Gasteiger partial charge in [-0.15, -0.1) is 0 Å². The van der Waals surface area contributed by atoms with Gasteiger partial charge in [0.1, 0.15) is 12.4 Å². The Morgan fingerprint density at radius 3 is 2.69 bits per heavy atom. The van der Waals surface area contributed by atoms with Crippen LogP contribution in [-0.4, -0.2) is 46.5 Å². The van der Waals surface area contributed by atoms with Gasteiger partial charge in [-0.1, -0.05) is 18.2 Å². The summed E-state index contributed by atoms with van der Waals surface area (Å²) in [6.45, 7) is 2.35. The lowest BCUT2D eigenvalue weighted by Gasteiger charge is -2.49. The lowest BCUT2D eigenvalue weighted by molar-refractivity contribution is -0.00222. The molecule has 4 atom stereocenters. The van der Waals surface area contributed by atoms with Crippen LogP contribution in [0.5, 0.6) is 0 Å². The molecule has 0 saturated carbocycles. The number of nitrogens with zero attached hydrogens (tertiary/aromatic N) is 3. The van der Waals surface area contributed by atoms with Gasteiger partial charge < -0.3 is 4.74 Å². The van der Waals surface area contributed by atoms with E-state index in [4.69, 9.17) is 4.74 Å². The molecule has 32 heavy (non-hydrogen) atoms. The van der Waals surface area contributed by atoms with Gasteiger partial charge in [-0.3, -0.25) is 14.9 Å². The second-order valence-electron chi connectivity index (χ2n) is 8.71. The summed E-state index contributed by atoms with van der Waals surface area (Å²) < 4.78 is 20.8. The molecule has 0 spiro atoms. The number of piperidine rings is 3. The Morgan fingerprint density at radius 1 is 1.19 bits per heavy atom. The first kappa shape index (κ1) is 20.7. The highest BCUT2D eigenvalue weighted by molar-refractivity contribution is 5.84. The predicted octanol–water partition coefficient (Wildman–Crippen LogP) is 4.65. The van der Waals surface area contributed by atoms with Gasteiger partial charge in [0, 0.05) is 42.5 Å². The van der Waals surface area contributed by atoms with Gasteiger partial charge in [-0.05, 0) is 67.8 Å². The van der Waals surface area contributed by atoms with Gasteiger partial charge in [0.15, 0.2) is 0 Å². The van der Waals surface area contributed by atoms with Crippen molar-refractivity contribution in [3.05, 3.63) is 72.2 Å². The molecular formula is C25H27FN4O2. The monoisotopic (exact) mass is 434 g/mol. The van der Waals surface area contributed by atoms with Crippen LogP contribution in [0.4, 0.5) is 14.9 Å². The molecule has 1 amide bonds. The van der Waals surface area contributed by atoms with Crippen LogP contribution >= 0.6 is 0 Å². The van der Waals surface area contributed by atoms with Gasteiger partial charge in [0.05, 0.1) is 5.69 Å². The average molecular weight is 435 g/mol. The fourth-order valence-electron chi connectivity index (χ4n) is 5.08. The maximum absolute atomic E-state index is 13.3. The van der Waals surface area contributed by atoms with Crippen molar-refractivity contribution < 1.29 is 13.9 Å². The number of hydrogen-bond donors (Lipinski definition) is 1. The van der Waals surface area contributed by atoms with Gasteiger partial charge in [-0.25, -0.2) is 9.18 Å². The maximum Gasteiger partial charge on any atom is 0.411 e. The zero-order chi connectivity index (χ0) is 22.1. The standard InChI is InChI=1S/C25H27FN4O2/c1-29-24(14-23(28-29)17-7-9-19(26)10-8-17)22-15-30-12-11-18(22)13-21(30)16-32-25(31)27-20-5-3-2-4-6-20/h2-10,14,18,21-22H,11-13,15-16H2,1H3,(H,27,31)/t18-,21+,22+/m0/s1. The molecule has 6 rings (SSSR count). The van der Waals surface area contributed by atoms with Crippen molar-refractivity contribution in [2.24, 2.45) is 13.0 Å². The van der Waals surface area contributed by atoms with E-state index < -0.39 is 6.09 Å². The minimum atomic E-state index is -0.411. The third-order valence-corrected chi connectivity index (χ3v) is 6.74. The highest BCUT2D eigenvalue weighted by atomic mass is 19.1. The first-order valence-electron chi connectivity index (χ1n) is 11.1. The molecule has 1 unspecified atom stereocenters. The second kappa shape index (κ2) is 8.74. The van der Waals surface area contributed by atoms with Gasteiger partial charge in [0.25, 0.3) is 0 Å². The van der Waals surface area contributed by atoms with Crippen molar-refractivity contribution in [3.63, 3.8) is 0 Å². The zero-order valence-corrected chi connectivity index (χ0v) is 18.1. The van der Waals surface area contributed by atoms with E-state index in [0.29, 0.717) is 18.4 Å². The number of ether oxygens (including phenoxy) is 1. The minimum absolute atomic E-state index is 0.243. The number of hydrogen-bond acceptors (Lipinski definition) is 4. The van der Waals surface area contributed by atoms with Crippen LogP contribution < -0.4 is 5.32 Å². The number of aryl methyl sites for hydroxylation is 1. The summed E-state index contributed by atoms with van der Waals surface area (Å²) in [5.41, 5.74) is 3.73. The molecular weight excluding hydrogens is 407 g/mol. The van der Waals surface area contributed by atoms with E-state index in [-0.39, 0.29) is 11.9 Å². The van der Waals surface area contributed by atoms with Crippen molar-refractivity contribution in [2.75, 3.05) is 25.0 Å². The van der Waals surface area contributed by atoms with Gasteiger partial charge in [0.2, 0.25) is 0 Å². The Morgan fingerprint density at radius 2 is 1.97 bits per heavy atom. The number of benzene rings is 2. The van der Waals surface area contributed by atoms with E-state index in [2.05, 4.69) is 21.4 Å². The van der Waals surface area contributed by atoms with E-state index in [1.165, 1.54) is 17.8 Å². The quantitative estimate of drug-likeness (QED) is 0.635. The van der Waals surface area contributed by atoms with Crippen LogP contribution in [0, 0.1) is 11.7 Å². The fourth-order valence-corrected chi connectivity index (χ4v) is 5.08. The lowest BCUT2D eigenvalue weighted by Crippen LogP contribution is -2.54. The largest absolute Gasteiger partial charge is 0.448 e. The molecule has 3 saturated heterocycles. The first-order chi connectivity index (χ1) is 15.6. The van der Waals surface area contributed by atoms with Crippen LogP contribution in [0.2, 0.25) is 0 Å². The van der Waals surface area contributed by atoms with Gasteiger partial charge in [-0.2, -0.15) is 5.10 Å². The van der Waals surface area contributed by atoms with Crippen LogP contribution in [0.1, 0.15) is 24.5 Å². The highest BCUT2D eigenvalue weighted by Gasteiger charge is 2.42. The maximum atomic E-state index is 13.3. The van der Waals surface area contributed by atoms with Crippen molar-refractivity contribution in [1.82, 2.24) is 14.7 Å². The number of nitrogens with one attached hydrogen (secondary N) is 1. The van der Waals surface area contributed by atoms with Crippen molar-refractivity contribution in [3.8, 4) is 11.3 Å². The summed E-state index contributed by atoms with van der Waals surface area (Å²) in [5, 5.41) is 7.46. The van der Waals surface area contributed by atoms with Crippen LogP contribution in [-0.2, 0) is 11.8 Å². The SMILES string of the molecule is Cn1nc(-c2ccc(F)cc2)cc1[C@@H]1CN2CC[C@H]1C[C@@H]2COC(=O)Nc1ccccc1. The molecule has 2 bridgehead atoms. The molecule has 1 N–H and O–H groups in total. The number of rotatable bonds is 5. The molecule has 2 aromatic carbocycles. The number of amides is 1. The Bertz CT molecular complexity index is 1080. The summed E-state index contributed by atoms with van der Waals surface area (Å²) in [6, 6.07) is 18.2. The molecule has 6 nitrogen and oxygen atoms in total. The van der Waals surface area contributed by atoms with Crippen LogP contribution in [0.15, 0.2) is 60.7 Å². The molecule has 0 aliphatic carbocycles. The number of halogens is 1. The molecule has 3 aliphatic heterocycles. The van der Waals surface area contributed by atoms with E-state index in [1.54, 1.807) is 12.1 Å². The Labute approximate surface area is 187 Å². The van der Waals surface area contributed by atoms with Gasteiger partial charge >= 0.3 is 6.09 Å². The number of carbonyl (C=O) groups is 1. The summed E-state index contributed by atoms with van der Waals surface area (Å²) in [4.78, 5) is 14.6. The molecule has 0 radical (unpaired) electrons. The number of para-hydroxylation sites is 1. The fraction of sp³-hybridized carbons (Fsp3) is 0.360. The van der Waals surface area contributed by atoms with Crippen molar-refractivity contribution in [2.45, 2.75) is 24.8 Å². The summed E-state index contributed by atoms with van der Waals surface area (Å²) in [6.07, 6.45) is 1.72. The molecule has 7 heteroatoms. The van der Waals surface area contributed by atoms with E-state index >= 15 is 0 Å². The molecule has 3 aliphatic rings. The highest BCUT2D eigenvalue weighted by Crippen LogP contribution is 2.42. The third-order valence-electron chi connectivity index (χ3n) is 6.74. The topological polar surface area (TPSA) is 59.4 Å². The second-order valence-corrected chi connectivity index (χ2v) is 8.71. The summed E-state index contributed by atoms with van der Waals surface area (Å²) >= 11 is 0. The minimum Gasteiger partial charge on any atom is -0.448 e. The third kappa shape index (κ3) is 4.25. The molecule has 1 aromatic heterocycles. The van der Waals surface area contributed by atoms with Crippen LogP contribution in [0.25, 0.3) is 11.3 Å². The van der Waals surface area contributed by atoms with E-state index in [0.717, 1.165) is 42.9 Å². The Kier molecular flexibility index (Phi) is 5.66. The number of aromatic nitrogens is 2. The molecule has 3 aromatic rings. The van der Waals surface area contributed by atoms with E-state index in [1.807, 2.05) is 42.1 Å². The van der Waals surface area contributed by atoms with E-state index in [9.17, 15) is 9.18 Å². The first-order valence-corrected chi connectivity index (χ1v) is 11.1. The summed E-state index contributed by atoms with van der Waals surface area (Å²) in [7, 11) is 1.98.